The zero-order valence-electron chi connectivity index (χ0n) is 12.3. The van der Waals surface area contributed by atoms with E-state index in [9.17, 15) is 13.2 Å². The number of carbonyl (C=O) groups excluding carboxylic acids is 1. The minimum Gasteiger partial charge on any atom is -0.359 e. The number of nitrogens with zero attached hydrogens (tertiary/aromatic N) is 2. The molecule has 0 fully saturated rings. The smallest absolute Gasteiger partial charge is 0.237 e. The van der Waals surface area contributed by atoms with Crippen molar-refractivity contribution in [2.45, 2.75) is 6.54 Å². The molecule has 1 heterocycles. The number of sulfonamides is 1. The Bertz CT molecular complexity index is 740. The van der Waals surface area contributed by atoms with Crippen LogP contribution in [0, 0.1) is 0 Å². The summed E-state index contributed by atoms with van der Waals surface area (Å²) in [4.78, 5) is 13.2. The second-order valence-corrected chi connectivity index (χ2v) is 6.72. The largest absolute Gasteiger partial charge is 0.359 e. The van der Waals surface area contributed by atoms with Gasteiger partial charge >= 0.3 is 0 Å². The molecule has 1 amide bonds. The van der Waals surface area contributed by atoms with E-state index < -0.39 is 10.0 Å². The Kier molecular flexibility index (Phi) is 4.94. The normalized spacial score (nSPS) is 11.4. The van der Waals surface area contributed by atoms with Crippen LogP contribution in [0.1, 0.15) is 5.76 Å². The second kappa shape index (κ2) is 6.71. The summed E-state index contributed by atoms with van der Waals surface area (Å²) in [5, 5.41) is 3.96. The van der Waals surface area contributed by atoms with Crippen molar-refractivity contribution >= 4 is 15.9 Å². The summed E-state index contributed by atoms with van der Waals surface area (Å²) in [5.41, 5.74) is 1.61. The highest BCUT2D eigenvalue weighted by Gasteiger charge is 2.14. The van der Waals surface area contributed by atoms with E-state index in [1.54, 1.807) is 13.1 Å². The highest BCUT2D eigenvalue weighted by Crippen LogP contribution is 2.19. The van der Waals surface area contributed by atoms with Crippen LogP contribution >= 0.6 is 0 Å². The SMILES string of the molecule is CN(Cc1cc(-c2ccccc2)no1)C(=O)CNS(C)(=O)=O. The monoisotopic (exact) mass is 323 g/mol. The zero-order chi connectivity index (χ0) is 16.2. The summed E-state index contributed by atoms with van der Waals surface area (Å²) >= 11 is 0. The van der Waals surface area contributed by atoms with Crippen molar-refractivity contribution in [1.29, 1.82) is 0 Å². The quantitative estimate of drug-likeness (QED) is 0.851. The Labute approximate surface area is 129 Å². The van der Waals surface area contributed by atoms with E-state index in [2.05, 4.69) is 9.88 Å². The Morgan fingerprint density at radius 3 is 2.64 bits per heavy atom. The number of amides is 1. The van der Waals surface area contributed by atoms with Crippen LogP contribution in [0.15, 0.2) is 40.9 Å². The summed E-state index contributed by atoms with van der Waals surface area (Å²) < 4.78 is 29.3. The standard InChI is InChI=1S/C14H17N3O4S/c1-17(14(18)9-15-22(2,19)20)10-12-8-13(16-21-12)11-6-4-3-5-7-11/h3-8,15H,9-10H2,1-2H3. The number of likely N-dealkylation sites (N-methyl/N-ethyl adjacent to an activating group) is 1. The predicted octanol–water partition coefficient (Wildman–Crippen LogP) is 0.849. The molecule has 1 aromatic heterocycles. The van der Waals surface area contributed by atoms with E-state index in [0.717, 1.165) is 11.8 Å². The predicted molar refractivity (Wildman–Crippen MR) is 81.3 cm³/mol. The first kappa shape index (κ1) is 16.2. The molecule has 2 aromatic rings. The van der Waals surface area contributed by atoms with E-state index in [4.69, 9.17) is 4.52 Å². The van der Waals surface area contributed by atoms with Crippen LogP contribution in [0.2, 0.25) is 0 Å². The molecule has 7 nitrogen and oxygen atoms in total. The molecular formula is C14H17N3O4S. The average Bonchev–Trinajstić information content (AvgIpc) is 2.93. The van der Waals surface area contributed by atoms with Gasteiger partial charge in [0.05, 0.1) is 19.3 Å². The summed E-state index contributed by atoms with van der Waals surface area (Å²) in [7, 11) is -1.82. The van der Waals surface area contributed by atoms with E-state index in [1.807, 2.05) is 30.3 Å². The number of aromatic nitrogens is 1. The second-order valence-electron chi connectivity index (χ2n) is 4.89. The van der Waals surface area contributed by atoms with Crippen molar-refractivity contribution in [3.63, 3.8) is 0 Å². The maximum atomic E-state index is 11.8. The highest BCUT2D eigenvalue weighted by molar-refractivity contribution is 7.88. The van der Waals surface area contributed by atoms with Crippen molar-refractivity contribution in [3.05, 3.63) is 42.2 Å². The van der Waals surface area contributed by atoms with Gasteiger partial charge < -0.3 is 9.42 Å². The number of benzene rings is 1. The fourth-order valence-electron chi connectivity index (χ4n) is 1.78. The number of rotatable bonds is 6. The third-order valence-electron chi connectivity index (χ3n) is 2.93. The van der Waals surface area contributed by atoms with Gasteiger partial charge in [-0.05, 0) is 0 Å². The fourth-order valence-corrected chi connectivity index (χ4v) is 2.17. The van der Waals surface area contributed by atoms with Crippen LogP contribution in [0.5, 0.6) is 0 Å². The van der Waals surface area contributed by atoms with Crippen molar-refractivity contribution in [1.82, 2.24) is 14.8 Å². The lowest BCUT2D eigenvalue weighted by molar-refractivity contribution is -0.129. The summed E-state index contributed by atoms with van der Waals surface area (Å²) in [5.74, 6) is 0.164. The molecule has 0 atom stereocenters. The molecule has 0 aliphatic rings. The molecule has 0 spiro atoms. The molecule has 0 saturated carbocycles. The van der Waals surface area contributed by atoms with Crippen LogP contribution in [0.3, 0.4) is 0 Å². The van der Waals surface area contributed by atoms with Crippen LogP contribution in [-0.2, 0) is 21.4 Å². The first-order valence-electron chi connectivity index (χ1n) is 6.55. The van der Waals surface area contributed by atoms with E-state index >= 15 is 0 Å². The molecule has 0 aliphatic heterocycles. The third kappa shape index (κ3) is 4.68. The van der Waals surface area contributed by atoms with Gasteiger partial charge in [-0.15, -0.1) is 0 Å². The number of hydrogen-bond acceptors (Lipinski definition) is 5. The van der Waals surface area contributed by atoms with Gasteiger partial charge in [0.1, 0.15) is 5.69 Å². The van der Waals surface area contributed by atoms with Crippen LogP contribution < -0.4 is 4.72 Å². The van der Waals surface area contributed by atoms with Gasteiger partial charge in [0, 0.05) is 18.7 Å². The lowest BCUT2D eigenvalue weighted by Gasteiger charge is -2.15. The molecule has 8 heteroatoms. The Morgan fingerprint density at radius 2 is 2.00 bits per heavy atom. The minimum atomic E-state index is -3.39. The van der Waals surface area contributed by atoms with Crippen molar-refractivity contribution in [3.8, 4) is 11.3 Å². The zero-order valence-corrected chi connectivity index (χ0v) is 13.1. The van der Waals surface area contributed by atoms with E-state index in [0.29, 0.717) is 11.5 Å². The number of hydrogen-bond donors (Lipinski definition) is 1. The molecule has 0 saturated heterocycles. The maximum Gasteiger partial charge on any atom is 0.237 e. The van der Waals surface area contributed by atoms with Crippen molar-refractivity contribution in [2.75, 3.05) is 19.8 Å². The first-order valence-corrected chi connectivity index (χ1v) is 8.44. The van der Waals surface area contributed by atoms with Gasteiger partial charge in [0.25, 0.3) is 0 Å². The first-order chi connectivity index (χ1) is 10.3. The van der Waals surface area contributed by atoms with Crippen LogP contribution in [0.4, 0.5) is 0 Å². The molecule has 0 unspecified atom stereocenters. The topological polar surface area (TPSA) is 92.5 Å². The van der Waals surface area contributed by atoms with Gasteiger partial charge in [-0.2, -0.15) is 0 Å². The van der Waals surface area contributed by atoms with Gasteiger partial charge in [-0.25, -0.2) is 13.1 Å². The molecule has 0 aliphatic carbocycles. The van der Waals surface area contributed by atoms with Crippen molar-refractivity contribution in [2.24, 2.45) is 0 Å². The lowest BCUT2D eigenvalue weighted by Crippen LogP contribution is -2.37. The molecule has 2 rings (SSSR count). The van der Waals surface area contributed by atoms with Gasteiger partial charge in [-0.3, -0.25) is 4.79 Å². The van der Waals surface area contributed by atoms with E-state index in [1.165, 1.54) is 4.90 Å². The molecular weight excluding hydrogens is 306 g/mol. The number of nitrogens with one attached hydrogen (secondary N) is 1. The van der Waals surface area contributed by atoms with Gasteiger partial charge in [0.2, 0.25) is 15.9 Å². The van der Waals surface area contributed by atoms with E-state index in [-0.39, 0.29) is 19.0 Å². The lowest BCUT2D eigenvalue weighted by atomic mass is 10.1. The summed E-state index contributed by atoms with van der Waals surface area (Å²) in [6.45, 7) is -0.0703. The molecule has 0 radical (unpaired) electrons. The Balaban J connectivity index is 1.96. The highest BCUT2D eigenvalue weighted by atomic mass is 32.2. The fraction of sp³-hybridized carbons (Fsp3) is 0.286. The summed E-state index contributed by atoms with van der Waals surface area (Å²) in [6, 6.07) is 11.3. The van der Waals surface area contributed by atoms with Crippen molar-refractivity contribution < 1.29 is 17.7 Å². The summed E-state index contributed by atoms with van der Waals surface area (Å²) in [6.07, 6.45) is 1.00. The average molecular weight is 323 g/mol. The van der Waals surface area contributed by atoms with Crippen LogP contribution in [0.25, 0.3) is 11.3 Å². The van der Waals surface area contributed by atoms with Crippen LogP contribution in [-0.4, -0.2) is 44.2 Å². The number of carbonyl (C=O) groups is 1. The minimum absolute atomic E-state index is 0.212. The Morgan fingerprint density at radius 1 is 1.32 bits per heavy atom. The Hall–Kier alpha value is -2.19. The van der Waals surface area contributed by atoms with Gasteiger partial charge in [0.15, 0.2) is 5.76 Å². The molecule has 22 heavy (non-hydrogen) atoms. The molecule has 0 bridgehead atoms. The maximum absolute atomic E-state index is 11.8. The molecule has 1 aromatic carbocycles. The third-order valence-corrected chi connectivity index (χ3v) is 3.60. The molecule has 1 N–H and O–H groups in total. The molecule has 118 valence electrons. The van der Waals surface area contributed by atoms with Gasteiger partial charge in [-0.1, -0.05) is 35.5 Å².